The number of aromatic nitrogens is 1. The molecule has 19 heavy (non-hydrogen) atoms. The number of hydrogen-bond acceptors (Lipinski definition) is 5. The van der Waals surface area contributed by atoms with Crippen molar-refractivity contribution in [1.29, 1.82) is 0 Å². The molecule has 3 N–H and O–H groups in total. The Morgan fingerprint density at radius 1 is 1.53 bits per heavy atom. The molecule has 3 rings (SSSR count). The van der Waals surface area contributed by atoms with Crippen LogP contribution in [0.2, 0.25) is 0 Å². The molecule has 1 amide bonds. The zero-order chi connectivity index (χ0) is 13.2. The van der Waals surface area contributed by atoms with Gasteiger partial charge in [-0.3, -0.25) is 4.79 Å². The maximum absolute atomic E-state index is 12.1. The molecular weight excluding hydrogens is 262 g/mol. The van der Waals surface area contributed by atoms with E-state index in [1.807, 2.05) is 18.2 Å². The van der Waals surface area contributed by atoms with Gasteiger partial charge in [-0.15, -0.1) is 0 Å². The summed E-state index contributed by atoms with van der Waals surface area (Å²) in [6.07, 6.45) is 1.82. The number of nitrogens with two attached hydrogens (primary N) is 1. The van der Waals surface area contributed by atoms with Crippen LogP contribution in [0.1, 0.15) is 12.8 Å². The number of thiazole rings is 1. The second-order valence-corrected chi connectivity index (χ2v) is 5.68. The van der Waals surface area contributed by atoms with E-state index in [1.165, 1.54) is 11.3 Å². The molecule has 6 heteroatoms. The van der Waals surface area contributed by atoms with Gasteiger partial charge in [-0.2, -0.15) is 0 Å². The molecule has 2 aromatic rings. The third-order valence-electron chi connectivity index (χ3n) is 3.17. The van der Waals surface area contributed by atoms with Crippen LogP contribution in [0, 0.1) is 5.92 Å². The van der Waals surface area contributed by atoms with Gasteiger partial charge in [-0.25, -0.2) is 4.98 Å². The number of hydrogen-bond donors (Lipinski definition) is 2. The van der Waals surface area contributed by atoms with Crippen LogP contribution in [0.25, 0.3) is 10.2 Å². The van der Waals surface area contributed by atoms with Crippen LogP contribution < -0.4 is 11.1 Å². The molecule has 2 heterocycles. The summed E-state index contributed by atoms with van der Waals surface area (Å²) in [6, 6.07) is 5.54. The Hall–Kier alpha value is -1.66. The second kappa shape index (κ2) is 5.14. The number of nitrogen functional groups attached to an aromatic ring is 1. The number of carbonyl (C=O) groups is 1. The third kappa shape index (κ3) is 2.69. The van der Waals surface area contributed by atoms with E-state index in [0.717, 1.165) is 29.7 Å². The number of benzene rings is 1. The van der Waals surface area contributed by atoms with Gasteiger partial charge < -0.3 is 15.8 Å². The molecule has 0 bridgehead atoms. The maximum atomic E-state index is 12.1. The zero-order valence-corrected chi connectivity index (χ0v) is 11.2. The average Bonchev–Trinajstić information content (AvgIpc) is 2.81. The smallest absolute Gasteiger partial charge is 0.231 e. The number of nitrogens with zero attached hydrogens (tertiary/aromatic N) is 1. The molecule has 0 aliphatic carbocycles. The number of nitrogens with one attached hydrogen (secondary N) is 1. The first-order valence-corrected chi connectivity index (χ1v) is 7.09. The molecule has 100 valence electrons. The van der Waals surface area contributed by atoms with Crippen molar-refractivity contribution in [3.8, 4) is 0 Å². The van der Waals surface area contributed by atoms with E-state index < -0.39 is 0 Å². The summed E-state index contributed by atoms with van der Waals surface area (Å²) >= 11 is 1.44. The molecule has 1 aromatic carbocycles. The second-order valence-electron chi connectivity index (χ2n) is 4.65. The number of ether oxygens (including phenoxy) is 1. The van der Waals surface area contributed by atoms with Crippen LogP contribution in [0.4, 0.5) is 10.8 Å². The maximum Gasteiger partial charge on any atom is 0.231 e. The zero-order valence-electron chi connectivity index (χ0n) is 10.4. The van der Waals surface area contributed by atoms with Gasteiger partial charge in [0.05, 0.1) is 22.7 Å². The summed E-state index contributed by atoms with van der Waals surface area (Å²) in [5.74, 6) is -0.0717. The summed E-state index contributed by atoms with van der Waals surface area (Å²) in [5.41, 5.74) is 7.29. The molecule has 1 aromatic heterocycles. The van der Waals surface area contributed by atoms with Gasteiger partial charge in [0.15, 0.2) is 5.13 Å². The molecule has 1 aliphatic rings. The number of fused-ring (bicyclic) bond motifs is 1. The van der Waals surface area contributed by atoms with Gasteiger partial charge in [0.1, 0.15) is 0 Å². The summed E-state index contributed by atoms with van der Waals surface area (Å²) in [5, 5.41) is 3.49. The summed E-state index contributed by atoms with van der Waals surface area (Å²) in [7, 11) is 0. The Labute approximate surface area is 114 Å². The molecule has 0 saturated carbocycles. The molecule has 0 radical (unpaired) electrons. The minimum absolute atomic E-state index is 0.00766. The highest BCUT2D eigenvalue weighted by Crippen LogP contribution is 2.28. The summed E-state index contributed by atoms with van der Waals surface area (Å²) in [6.45, 7) is 1.26. The minimum Gasteiger partial charge on any atom is -0.399 e. The number of anilines is 2. The molecule has 1 fully saturated rings. The van der Waals surface area contributed by atoms with Crippen molar-refractivity contribution in [2.45, 2.75) is 12.8 Å². The fraction of sp³-hybridized carbons (Fsp3) is 0.385. The molecule has 1 unspecified atom stereocenters. The molecule has 1 aliphatic heterocycles. The number of amides is 1. The van der Waals surface area contributed by atoms with Crippen molar-refractivity contribution in [2.24, 2.45) is 5.92 Å². The van der Waals surface area contributed by atoms with Crippen molar-refractivity contribution >= 4 is 38.3 Å². The quantitative estimate of drug-likeness (QED) is 0.825. The highest BCUT2D eigenvalue weighted by Gasteiger charge is 2.22. The average molecular weight is 277 g/mol. The largest absolute Gasteiger partial charge is 0.399 e. The molecule has 1 atom stereocenters. The van der Waals surface area contributed by atoms with E-state index in [4.69, 9.17) is 10.5 Å². The Kier molecular flexibility index (Phi) is 3.35. The monoisotopic (exact) mass is 277 g/mol. The lowest BCUT2D eigenvalue weighted by molar-refractivity contribution is -0.123. The van der Waals surface area contributed by atoms with E-state index in [0.29, 0.717) is 17.4 Å². The Morgan fingerprint density at radius 3 is 3.21 bits per heavy atom. The van der Waals surface area contributed by atoms with Crippen LogP contribution >= 0.6 is 11.3 Å². The SMILES string of the molecule is Nc1ccc2nc(NC(=O)C3CCCOC3)sc2c1. The first kappa shape index (κ1) is 12.4. The van der Waals surface area contributed by atoms with Crippen LogP contribution in [0.3, 0.4) is 0 Å². The van der Waals surface area contributed by atoms with E-state index in [-0.39, 0.29) is 11.8 Å². The first-order valence-electron chi connectivity index (χ1n) is 6.27. The van der Waals surface area contributed by atoms with Crippen molar-refractivity contribution in [2.75, 3.05) is 24.3 Å². The highest BCUT2D eigenvalue weighted by molar-refractivity contribution is 7.22. The fourth-order valence-electron chi connectivity index (χ4n) is 2.15. The topological polar surface area (TPSA) is 77.2 Å². The van der Waals surface area contributed by atoms with E-state index >= 15 is 0 Å². The predicted molar refractivity (Wildman–Crippen MR) is 76.2 cm³/mol. The van der Waals surface area contributed by atoms with Crippen LogP contribution in [0.15, 0.2) is 18.2 Å². The molecule has 5 nitrogen and oxygen atoms in total. The van der Waals surface area contributed by atoms with Crippen LogP contribution in [-0.4, -0.2) is 24.1 Å². The van der Waals surface area contributed by atoms with Crippen molar-refractivity contribution in [3.63, 3.8) is 0 Å². The van der Waals surface area contributed by atoms with E-state index in [1.54, 1.807) is 0 Å². The lowest BCUT2D eigenvalue weighted by Crippen LogP contribution is -2.30. The van der Waals surface area contributed by atoms with Crippen LogP contribution in [-0.2, 0) is 9.53 Å². The predicted octanol–water partition coefficient (Wildman–Crippen LogP) is 2.24. The number of rotatable bonds is 2. The van der Waals surface area contributed by atoms with Gasteiger partial charge >= 0.3 is 0 Å². The first-order chi connectivity index (χ1) is 9.22. The number of carbonyl (C=O) groups excluding carboxylic acids is 1. The van der Waals surface area contributed by atoms with E-state index in [9.17, 15) is 4.79 Å². The van der Waals surface area contributed by atoms with Crippen molar-refractivity contribution in [3.05, 3.63) is 18.2 Å². The summed E-state index contributed by atoms with van der Waals surface area (Å²) < 4.78 is 6.30. The molecular formula is C13H15N3O2S. The van der Waals surface area contributed by atoms with Crippen LogP contribution in [0.5, 0.6) is 0 Å². The van der Waals surface area contributed by atoms with Gasteiger partial charge in [0.2, 0.25) is 5.91 Å². The van der Waals surface area contributed by atoms with Gasteiger partial charge in [-0.05, 0) is 31.0 Å². The van der Waals surface area contributed by atoms with Crippen molar-refractivity contribution in [1.82, 2.24) is 4.98 Å². The Morgan fingerprint density at radius 2 is 2.42 bits per heavy atom. The standard InChI is InChI=1S/C13H15N3O2S/c14-9-3-4-10-11(6-9)19-13(15-10)16-12(17)8-2-1-5-18-7-8/h3-4,6,8H,1-2,5,7,14H2,(H,15,16,17). The molecule has 1 saturated heterocycles. The Bertz CT molecular complexity index is 605. The lowest BCUT2D eigenvalue weighted by atomic mass is 10.0. The van der Waals surface area contributed by atoms with E-state index in [2.05, 4.69) is 10.3 Å². The fourth-order valence-corrected chi connectivity index (χ4v) is 3.07. The summed E-state index contributed by atoms with van der Waals surface area (Å²) in [4.78, 5) is 16.4. The molecule has 0 spiro atoms. The lowest BCUT2D eigenvalue weighted by Gasteiger charge is -2.20. The minimum atomic E-state index is -0.0640. The van der Waals surface area contributed by atoms with Gasteiger partial charge in [0.25, 0.3) is 0 Å². The van der Waals surface area contributed by atoms with Gasteiger partial charge in [-0.1, -0.05) is 11.3 Å². The third-order valence-corrected chi connectivity index (χ3v) is 4.11. The normalized spacial score (nSPS) is 19.5. The van der Waals surface area contributed by atoms with Gasteiger partial charge in [0, 0.05) is 12.3 Å². The highest BCUT2D eigenvalue weighted by atomic mass is 32.1. The van der Waals surface area contributed by atoms with Crippen molar-refractivity contribution < 1.29 is 9.53 Å². The Balaban J connectivity index is 1.75.